The van der Waals surface area contributed by atoms with Crippen LogP contribution < -0.4 is 4.90 Å². The molecule has 0 saturated carbocycles. The molecule has 0 spiro atoms. The number of aromatic nitrogens is 2. The number of hydrogen-bond donors (Lipinski definition) is 0. The van der Waals surface area contributed by atoms with Crippen LogP contribution in [-0.4, -0.2) is 27.8 Å². The zero-order valence-corrected chi connectivity index (χ0v) is 11.8. The number of nitrogens with zero attached hydrogens (tertiary/aromatic N) is 5. The third-order valence-corrected chi connectivity index (χ3v) is 2.95. The average molecular weight is 265 g/mol. The lowest BCUT2D eigenvalue weighted by molar-refractivity contribution is -0.384. The van der Waals surface area contributed by atoms with E-state index in [0.29, 0.717) is 31.1 Å². The fourth-order valence-corrected chi connectivity index (χ4v) is 2.04. The molecule has 0 aromatic carbocycles. The number of hydrogen-bond acceptors (Lipinski definition) is 5. The zero-order chi connectivity index (χ0) is 14.6. The van der Waals surface area contributed by atoms with Crippen molar-refractivity contribution in [2.75, 3.05) is 18.0 Å². The van der Waals surface area contributed by atoms with Gasteiger partial charge in [0.25, 0.3) is 0 Å². The Kier molecular flexibility index (Phi) is 4.87. The maximum atomic E-state index is 11.2. The van der Waals surface area contributed by atoms with Gasteiger partial charge in [-0.3, -0.25) is 10.1 Å². The molecule has 104 valence electrons. The first-order valence-electron chi connectivity index (χ1n) is 6.32. The maximum absolute atomic E-state index is 11.2. The lowest BCUT2D eigenvalue weighted by Gasteiger charge is -2.23. The zero-order valence-electron chi connectivity index (χ0n) is 11.8. The van der Waals surface area contributed by atoms with Crippen molar-refractivity contribution < 1.29 is 4.92 Å². The highest BCUT2D eigenvalue weighted by Crippen LogP contribution is 2.31. The molecular formula is C12H19N5O2. The van der Waals surface area contributed by atoms with Crippen LogP contribution in [0.25, 0.3) is 0 Å². The average Bonchev–Trinajstić information content (AvgIpc) is 2.72. The molecule has 7 heteroatoms. The molecule has 7 nitrogen and oxygen atoms in total. The van der Waals surface area contributed by atoms with E-state index in [1.807, 2.05) is 18.7 Å². The second kappa shape index (κ2) is 6.18. The summed E-state index contributed by atoms with van der Waals surface area (Å²) in [6, 6.07) is 2.15. The molecule has 0 aliphatic rings. The number of aryl methyl sites for hydroxylation is 2. The summed E-state index contributed by atoms with van der Waals surface area (Å²) >= 11 is 0. The third kappa shape index (κ3) is 3.02. The molecule has 0 fully saturated rings. The molecule has 1 heterocycles. The van der Waals surface area contributed by atoms with Crippen molar-refractivity contribution in [1.82, 2.24) is 9.78 Å². The standard InChI is InChI=1S/C12H19N5O2/c1-5-15(8-9(3)7-13)12-11(17(18)19)10(4)14-16(12)6-2/h9H,5-6,8H2,1-4H3. The Labute approximate surface area is 112 Å². The second-order valence-corrected chi connectivity index (χ2v) is 4.40. The van der Waals surface area contributed by atoms with Crippen LogP contribution >= 0.6 is 0 Å². The van der Waals surface area contributed by atoms with Crippen molar-refractivity contribution in [2.45, 2.75) is 34.2 Å². The van der Waals surface area contributed by atoms with Crippen molar-refractivity contribution >= 4 is 11.5 Å². The number of nitriles is 1. The van der Waals surface area contributed by atoms with Crippen molar-refractivity contribution in [3.05, 3.63) is 15.8 Å². The van der Waals surface area contributed by atoms with Gasteiger partial charge in [0.1, 0.15) is 5.69 Å². The number of anilines is 1. The van der Waals surface area contributed by atoms with Crippen LogP contribution in [-0.2, 0) is 6.54 Å². The Morgan fingerprint density at radius 1 is 1.58 bits per heavy atom. The van der Waals surface area contributed by atoms with E-state index >= 15 is 0 Å². The topological polar surface area (TPSA) is 88.0 Å². The lowest BCUT2D eigenvalue weighted by Crippen LogP contribution is -2.30. The normalized spacial score (nSPS) is 11.9. The quantitative estimate of drug-likeness (QED) is 0.580. The summed E-state index contributed by atoms with van der Waals surface area (Å²) in [5, 5.41) is 24.3. The highest BCUT2D eigenvalue weighted by Gasteiger charge is 2.29. The van der Waals surface area contributed by atoms with Crippen molar-refractivity contribution in [2.24, 2.45) is 5.92 Å². The molecule has 1 aromatic heterocycles. The molecule has 0 aliphatic heterocycles. The second-order valence-electron chi connectivity index (χ2n) is 4.40. The first-order chi connectivity index (χ1) is 8.96. The van der Waals surface area contributed by atoms with Gasteiger partial charge >= 0.3 is 5.69 Å². The molecule has 19 heavy (non-hydrogen) atoms. The first-order valence-corrected chi connectivity index (χ1v) is 6.32. The summed E-state index contributed by atoms with van der Waals surface area (Å²) in [7, 11) is 0. The Bertz CT molecular complexity index is 503. The van der Waals surface area contributed by atoms with Crippen molar-refractivity contribution in [1.29, 1.82) is 5.26 Å². The Hall–Kier alpha value is -2.10. The van der Waals surface area contributed by atoms with Crippen LogP contribution in [0.5, 0.6) is 0 Å². The fraction of sp³-hybridized carbons (Fsp3) is 0.667. The fourth-order valence-electron chi connectivity index (χ4n) is 2.04. The van der Waals surface area contributed by atoms with E-state index in [2.05, 4.69) is 11.2 Å². The van der Waals surface area contributed by atoms with Crippen molar-refractivity contribution in [3.8, 4) is 6.07 Å². The van der Waals surface area contributed by atoms with Gasteiger partial charge in [0, 0.05) is 19.6 Å². The van der Waals surface area contributed by atoms with E-state index in [0.717, 1.165) is 0 Å². The van der Waals surface area contributed by atoms with E-state index in [1.54, 1.807) is 18.5 Å². The summed E-state index contributed by atoms with van der Waals surface area (Å²) in [4.78, 5) is 12.7. The molecule has 0 radical (unpaired) electrons. The van der Waals surface area contributed by atoms with E-state index < -0.39 is 4.92 Å². The molecular weight excluding hydrogens is 246 g/mol. The molecule has 1 atom stereocenters. The number of nitro groups is 1. The Morgan fingerprint density at radius 3 is 2.63 bits per heavy atom. The molecule has 0 saturated heterocycles. The maximum Gasteiger partial charge on any atom is 0.333 e. The van der Waals surface area contributed by atoms with Gasteiger partial charge in [0.15, 0.2) is 0 Å². The van der Waals surface area contributed by atoms with Crippen LogP contribution in [0.1, 0.15) is 26.5 Å². The third-order valence-electron chi connectivity index (χ3n) is 2.95. The SMILES string of the molecule is CCN(CC(C)C#N)c1c([N+](=O)[O-])c(C)nn1CC. The van der Waals surface area contributed by atoms with Crippen LogP contribution in [0.4, 0.5) is 11.5 Å². The van der Waals surface area contributed by atoms with Gasteiger partial charge in [-0.15, -0.1) is 0 Å². The minimum atomic E-state index is -0.399. The summed E-state index contributed by atoms with van der Waals surface area (Å²) in [5.74, 6) is 0.301. The minimum Gasteiger partial charge on any atom is -0.350 e. The van der Waals surface area contributed by atoms with E-state index in [1.165, 1.54) is 0 Å². The van der Waals surface area contributed by atoms with Gasteiger partial charge in [-0.05, 0) is 27.7 Å². The van der Waals surface area contributed by atoms with Crippen LogP contribution in [0.3, 0.4) is 0 Å². The highest BCUT2D eigenvalue weighted by molar-refractivity contribution is 5.61. The molecule has 1 rings (SSSR count). The Morgan fingerprint density at radius 2 is 2.21 bits per heavy atom. The summed E-state index contributed by atoms with van der Waals surface area (Å²) in [6.45, 7) is 8.85. The highest BCUT2D eigenvalue weighted by atomic mass is 16.6. The monoisotopic (exact) mass is 265 g/mol. The molecule has 1 aromatic rings. The summed E-state index contributed by atoms with van der Waals surface area (Å²) in [5.41, 5.74) is 0.443. The molecule has 0 N–H and O–H groups in total. The van der Waals surface area contributed by atoms with Crippen LogP contribution in [0.2, 0.25) is 0 Å². The Balaban J connectivity index is 3.28. The van der Waals surface area contributed by atoms with Gasteiger partial charge in [-0.1, -0.05) is 0 Å². The molecule has 1 unspecified atom stereocenters. The van der Waals surface area contributed by atoms with E-state index in [-0.39, 0.29) is 11.6 Å². The van der Waals surface area contributed by atoms with Gasteiger partial charge in [0.05, 0.1) is 16.9 Å². The predicted octanol–water partition coefficient (Wildman–Crippen LogP) is 2.11. The molecule has 0 amide bonds. The lowest BCUT2D eigenvalue weighted by atomic mass is 10.2. The predicted molar refractivity (Wildman–Crippen MR) is 72.0 cm³/mol. The van der Waals surface area contributed by atoms with E-state index in [9.17, 15) is 10.1 Å². The van der Waals surface area contributed by atoms with Crippen LogP contribution in [0.15, 0.2) is 0 Å². The first kappa shape index (κ1) is 15.0. The number of rotatable bonds is 6. The van der Waals surface area contributed by atoms with Gasteiger partial charge in [-0.25, -0.2) is 4.68 Å². The van der Waals surface area contributed by atoms with Gasteiger partial charge in [0.2, 0.25) is 5.82 Å². The summed E-state index contributed by atoms with van der Waals surface area (Å²) < 4.78 is 1.63. The molecule has 0 aliphatic carbocycles. The largest absolute Gasteiger partial charge is 0.350 e. The van der Waals surface area contributed by atoms with Crippen molar-refractivity contribution in [3.63, 3.8) is 0 Å². The summed E-state index contributed by atoms with van der Waals surface area (Å²) in [6.07, 6.45) is 0. The molecule has 0 bridgehead atoms. The smallest absolute Gasteiger partial charge is 0.333 e. The minimum absolute atomic E-state index is 0.0360. The van der Waals surface area contributed by atoms with Crippen LogP contribution in [0, 0.1) is 34.3 Å². The van der Waals surface area contributed by atoms with E-state index in [4.69, 9.17) is 5.26 Å². The van der Waals surface area contributed by atoms with Gasteiger partial charge in [-0.2, -0.15) is 10.4 Å². The van der Waals surface area contributed by atoms with Gasteiger partial charge < -0.3 is 4.90 Å².